The summed E-state index contributed by atoms with van der Waals surface area (Å²) in [7, 11) is -3.58. The lowest BCUT2D eigenvalue weighted by Crippen LogP contribution is -2.55. The zero-order valence-electron chi connectivity index (χ0n) is 11.7. The van der Waals surface area contributed by atoms with Crippen molar-refractivity contribution in [1.29, 1.82) is 0 Å². The molecule has 0 atom stereocenters. The fourth-order valence-electron chi connectivity index (χ4n) is 4.93. The summed E-state index contributed by atoms with van der Waals surface area (Å²) >= 11 is 5.95. The van der Waals surface area contributed by atoms with E-state index in [9.17, 15) is 8.42 Å². The van der Waals surface area contributed by atoms with Gasteiger partial charge in [0.05, 0.1) is 0 Å². The van der Waals surface area contributed by atoms with E-state index in [1.165, 1.54) is 44.4 Å². The van der Waals surface area contributed by atoms with Crippen LogP contribution >= 0.6 is 11.6 Å². The van der Waals surface area contributed by atoms with Gasteiger partial charge in [-0.1, -0.05) is 11.6 Å². The highest BCUT2D eigenvalue weighted by atomic mass is 35.5. The van der Waals surface area contributed by atoms with Crippen LogP contribution in [0.3, 0.4) is 0 Å². The molecule has 0 aromatic carbocycles. The van der Waals surface area contributed by atoms with Crippen molar-refractivity contribution in [3.8, 4) is 0 Å². The molecule has 4 aliphatic carbocycles. The molecule has 1 N–H and O–H groups in total. The van der Waals surface area contributed by atoms with Gasteiger partial charge in [-0.3, -0.25) is 0 Å². The Morgan fingerprint density at radius 2 is 1.71 bits per heavy atom. The van der Waals surface area contributed by atoms with E-state index in [2.05, 4.69) is 9.71 Å². The van der Waals surface area contributed by atoms with Gasteiger partial charge in [0, 0.05) is 12.2 Å². The summed E-state index contributed by atoms with van der Waals surface area (Å²) in [4.78, 5) is 3.97. The molecule has 4 nitrogen and oxygen atoms in total. The minimum Gasteiger partial charge on any atom is -0.243 e. The molecule has 1 aromatic rings. The standard InChI is InChI=1S/C15H19ClN2O2S/c16-15-13(2-1-3-17-15)21(19,20)18-14-11-5-9-4-10(7-11)8-12(14)6-9/h1-3,9-12,14,18H,4-8H2. The first-order valence-corrected chi connectivity index (χ1v) is 9.52. The summed E-state index contributed by atoms with van der Waals surface area (Å²) < 4.78 is 28.2. The molecule has 114 valence electrons. The molecule has 4 fully saturated rings. The van der Waals surface area contributed by atoms with E-state index in [0.29, 0.717) is 11.8 Å². The number of aromatic nitrogens is 1. The van der Waals surface area contributed by atoms with Gasteiger partial charge in [-0.15, -0.1) is 0 Å². The third-order valence-corrected chi connectivity index (χ3v) is 7.44. The predicted octanol–water partition coefficient (Wildman–Crippen LogP) is 2.84. The van der Waals surface area contributed by atoms with Crippen LogP contribution in [0, 0.1) is 23.7 Å². The van der Waals surface area contributed by atoms with Crippen LogP contribution in [0.4, 0.5) is 0 Å². The fraction of sp³-hybridized carbons (Fsp3) is 0.667. The Labute approximate surface area is 130 Å². The van der Waals surface area contributed by atoms with Crippen LogP contribution in [-0.4, -0.2) is 19.4 Å². The number of sulfonamides is 1. The molecule has 0 spiro atoms. The molecular weight excluding hydrogens is 308 g/mol. The van der Waals surface area contributed by atoms with Crippen molar-refractivity contribution in [3.63, 3.8) is 0 Å². The molecule has 1 aromatic heterocycles. The van der Waals surface area contributed by atoms with E-state index in [1.54, 1.807) is 6.07 Å². The van der Waals surface area contributed by atoms with Gasteiger partial charge in [0.1, 0.15) is 10.0 Å². The SMILES string of the molecule is O=S(=O)(NC1C2CC3CC(C2)CC1C3)c1cccnc1Cl. The van der Waals surface area contributed by atoms with Crippen molar-refractivity contribution in [3.05, 3.63) is 23.5 Å². The Balaban J connectivity index is 1.60. The Morgan fingerprint density at radius 1 is 1.10 bits per heavy atom. The van der Waals surface area contributed by atoms with Gasteiger partial charge in [-0.2, -0.15) is 0 Å². The van der Waals surface area contributed by atoms with E-state index in [4.69, 9.17) is 11.6 Å². The van der Waals surface area contributed by atoms with E-state index in [-0.39, 0.29) is 16.1 Å². The van der Waals surface area contributed by atoms with Crippen LogP contribution < -0.4 is 4.72 Å². The first-order chi connectivity index (χ1) is 10.0. The van der Waals surface area contributed by atoms with Crippen LogP contribution in [0.1, 0.15) is 32.1 Å². The monoisotopic (exact) mass is 326 g/mol. The highest BCUT2D eigenvalue weighted by Crippen LogP contribution is 2.53. The third-order valence-electron chi connectivity index (χ3n) is 5.53. The smallest absolute Gasteiger partial charge is 0.243 e. The predicted molar refractivity (Wildman–Crippen MR) is 80.4 cm³/mol. The topological polar surface area (TPSA) is 59.1 Å². The van der Waals surface area contributed by atoms with Gasteiger partial charge in [0.2, 0.25) is 10.0 Å². The average molecular weight is 327 g/mol. The first-order valence-electron chi connectivity index (χ1n) is 7.66. The Morgan fingerprint density at radius 3 is 2.29 bits per heavy atom. The van der Waals surface area contributed by atoms with Gasteiger partial charge in [0.25, 0.3) is 0 Å². The number of halogens is 1. The summed E-state index contributed by atoms with van der Waals surface area (Å²) in [6, 6.07) is 3.21. The van der Waals surface area contributed by atoms with Crippen molar-refractivity contribution in [2.45, 2.75) is 43.0 Å². The van der Waals surface area contributed by atoms with Crippen LogP contribution in [0.2, 0.25) is 5.15 Å². The van der Waals surface area contributed by atoms with E-state index in [0.717, 1.165) is 11.8 Å². The molecule has 6 heteroatoms. The van der Waals surface area contributed by atoms with Crippen LogP contribution in [0.25, 0.3) is 0 Å². The molecule has 21 heavy (non-hydrogen) atoms. The fourth-order valence-corrected chi connectivity index (χ4v) is 6.76. The second-order valence-electron chi connectivity index (χ2n) is 6.87. The maximum Gasteiger partial charge on any atom is 0.243 e. The maximum atomic E-state index is 12.6. The minimum absolute atomic E-state index is 0.0498. The lowest BCUT2D eigenvalue weighted by atomic mass is 9.54. The first kappa shape index (κ1) is 14.0. The second kappa shape index (κ2) is 4.93. The minimum atomic E-state index is -3.58. The van der Waals surface area contributed by atoms with Gasteiger partial charge >= 0.3 is 0 Å². The molecular formula is C15H19ClN2O2S. The maximum absolute atomic E-state index is 12.6. The highest BCUT2D eigenvalue weighted by molar-refractivity contribution is 7.89. The molecule has 0 amide bonds. The Hall–Kier alpha value is -0.650. The molecule has 5 rings (SSSR count). The summed E-state index contributed by atoms with van der Waals surface area (Å²) in [5, 5.41) is 0.0498. The summed E-state index contributed by atoms with van der Waals surface area (Å²) in [6.45, 7) is 0. The molecule has 0 radical (unpaired) electrons. The van der Waals surface area contributed by atoms with Gasteiger partial charge in [-0.05, 0) is 67.9 Å². The van der Waals surface area contributed by atoms with Crippen molar-refractivity contribution in [2.75, 3.05) is 0 Å². The molecule has 0 saturated heterocycles. The molecule has 4 aliphatic rings. The van der Waals surface area contributed by atoms with Crippen LogP contribution in [-0.2, 0) is 10.0 Å². The van der Waals surface area contributed by atoms with Crippen molar-refractivity contribution in [1.82, 2.24) is 9.71 Å². The Bertz CT molecular complexity index is 633. The largest absolute Gasteiger partial charge is 0.243 e. The van der Waals surface area contributed by atoms with Gasteiger partial charge < -0.3 is 0 Å². The number of rotatable bonds is 3. The number of nitrogens with one attached hydrogen (secondary N) is 1. The summed E-state index contributed by atoms with van der Waals surface area (Å²) in [5.74, 6) is 2.67. The van der Waals surface area contributed by atoms with Gasteiger partial charge in [0.15, 0.2) is 0 Å². The average Bonchev–Trinajstić information content (AvgIpc) is 2.42. The molecule has 4 bridgehead atoms. The molecule has 4 saturated carbocycles. The van der Waals surface area contributed by atoms with E-state index < -0.39 is 10.0 Å². The molecule has 0 unspecified atom stereocenters. The summed E-state index contributed by atoms with van der Waals surface area (Å²) in [5.41, 5.74) is 0. The van der Waals surface area contributed by atoms with Crippen molar-refractivity contribution in [2.24, 2.45) is 23.7 Å². The van der Waals surface area contributed by atoms with Crippen molar-refractivity contribution >= 4 is 21.6 Å². The van der Waals surface area contributed by atoms with E-state index in [1.807, 2.05) is 0 Å². The quantitative estimate of drug-likeness (QED) is 0.869. The van der Waals surface area contributed by atoms with Crippen molar-refractivity contribution < 1.29 is 8.42 Å². The van der Waals surface area contributed by atoms with Gasteiger partial charge in [-0.25, -0.2) is 18.1 Å². The molecule has 1 heterocycles. The summed E-state index contributed by atoms with van der Waals surface area (Å²) in [6.07, 6.45) is 7.59. The lowest BCUT2D eigenvalue weighted by Gasteiger charge is -2.54. The zero-order valence-corrected chi connectivity index (χ0v) is 13.3. The van der Waals surface area contributed by atoms with E-state index >= 15 is 0 Å². The number of hydrogen-bond acceptors (Lipinski definition) is 3. The number of hydrogen-bond donors (Lipinski definition) is 1. The second-order valence-corrected chi connectivity index (χ2v) is 8.91. The van der Waals surface area contributed by atoms with Crippen LogP contribution in [0.5, 0.6) is 0 Å². The lowest BCUT2D eigenvalue weighted by molar-refractivity contribution is -0.00557. The Kier molecular flexibility index (Phi) is 3.28. The zero-order chi connectivity index (χ0) is 14.6. The normalized spacial score (nSPS) is 37.9. The van der Waals surface area contributed by atoms with Crippen LogP contribution in [0.15, 0.2) is 23.2 Å². The number of nitrogens with zero attached hydrogens (tertiary/aromatic N) is 1. The number of pyridine rings is 1. The third kappa shape index (κ3) is 2.39. The molecule has 0 aliphatic heterocycles. The highest BCUT2D eigenvalue weighted by Gasteiger charge is 2.49.